The number of aromatic nitrogens is 2. The largest absolute Gasteiger partial charge is 0.477 e. The van der Waals surface area contributed by atoms with Crippen LogP contribution in [0.25, 0.3) is 0 Å². The van der Waals surface area contributed by atoms with Gasteiger partial charge in [-0.1, -0.05) is 6.92 Å². The average molecular weight is 270 g/mol. The lowest BCUT2D eigenvalue weighted by Gasteiger charge is -1.94. The summed E-state index contributed by atoms with van der Waals surface area (Å²) in [4.78, 5) is 15.1. The molecule has 0 saturated carbocycles. The maximum Gasteiger partial charge on any atom is 0.346 e. The normalized spacial score (nSPS) is 10.4. The van der Waals surface area contributed by atoms with Gasteiger partial charge in [0.1, 0.15) is 16.5 Å². The summed E-state index contributed by atoms with van der Waals surface area (Å²) < 4.78 is 9.56. The first kappa shape index (κ1) is 12.0. The van der Waals surface area contributed by atoms with Crippen LogP contribution in [0.5, 0.6) is 10.9 Å². The molecule has 0 amide bonds. The number of aromatic carboxylic acids is 1. The van der Waals surface area contributed by atoms with Crippen molar-refractivity contribution in [1.29, 1.82) is 0 Å². The van der Waals surface area contributed by atoms with E-state index in [1.807, 2.05) is 0 Å². The minimum Gasteiger partial charge on any atom is -0.477 e. The number of hydrogen-bond donors (Lipinski definition) is 1. The minimum atomic E-state index is -0.950. The quantitative estimate of drug-likeness (QED) is 0.904. The molecule has 17 heavy (non-hydrogen) atoms. The number of hydrogen-bond acceptors (Lipinski definition) is 6. The molecule has 1 N–H and O–H groups in total. The van der Waals surface area contributed by atoms with Crippen molar-refractivity contribution in [2.24, 2.45) is 0 Å². The highest BCUT2D eigenvalue weighted by Gasteiger charge is 2.10. The summed E-state index contributed by atoms with van der Waals surface area (Å²) in [5.41, 5.74) is 0. The Morgan fingerprint density at radius 1 is 1.59 bits per heavy atom. The molecule has 0 aromatic carbocycles. The molecule has 2 aromatic heterocycles. The first-order valence-electron chi connectivity index (χ1n) is 5.01. The van der Waals surface area contributed by atoms with Crippen molar-refractivity contribution in [3.8, 4) is 10.9 Å². The van der Waals surface area contributed by atoms with Crippen molar-refractivity contribution in [2.75, 3.05) is 0 Å². The van der Waals surface area contributed by atoms with Crippen molar-refractivity contribution < 1.29 is 14.6 Å². The predicted molar refractivity (Wildman–Crippen MR) is 65.3 cm³/mol. The van der Waals surface area contributed by atoms with Gasteiger partial charge in [-0.2, -0.15) is 9.36 Å². The number of rotatable bonds is 5. The highest BCUT2D eigenvalue weighted by molar-refractivity contribution is 7.12. The molecule has 90 valence electrons. The predicted octanol–water partition coefficient (Wildman–Crippen LogP) is 3.04. The van der Waals surface area contributed by atoms with Gasteiger partial charge >= 0.3 is 5.97 Å². The van der Waals surface area contributed by atoms with Gasteiger partial charge in [-0.25, -0.2) is 4.79 Å². The van der Waals surface area contributed by atoms with Crippen LogP contribution >= 0.6 is 22.9 Å². The van der Waals surface area contributed by atoms with E-state index in [1.165, 1.54) is 17.6 Å². The Labute approximate surface area is 106 Å². The SMILES string of the molecule is CCCc1nsc(Oc2csc(C(=O)O)c2)n1. The van der Waals surface area contributed by atoms with Gasteiger partial charge in [-0.3, -0.25) is 0 Å². The van der Waals surface area contributed by atoms with Crippen LogP contribution in [0.4, 0.5) is 0 Å². The molecule has 0 aliphatic heterocycles. The fraction of sp³-hybridized carbons (Fsp3) is 0.300. The zero-order chi connectivity index (χ0) is 12.3. The second-order valence-corrected chi connectivity index (χ2v) is 4.91. The molecule has 0 unspecified atom stereocenters. The van der Waals surface area contributed by atoms with Crippen LogP contribution in [0.1, 0.15) is 28.8 Å². The molecule has 0 aliphatic carbocycles. The number of aryl methyl sites for hydroxylation is 1. The van der Waals surface area contributed by atoms with E-state index in [4.69, 9.17) is 9.84 Å². The van der Waals surface area contributed by atoms with E-state index in [0.29, 0.717) is 10.9 Å². The maximum absolute atomic E-state index is 10.7. The number of thiophene rings is 1. The van der Waals surface area contributed by atoms with Crippen LogP contribution in [-0.4, -0.2) is 20.4 Å². The van der Waals surface area contributed by atoms with Crippen LogP contribution in [0, 0.1) is 0 Å². The Kier molecular flexibility index (Phi) is 3.70. The fourth-order valence-electron chi connectivity index (χ4n) is 1.19. The van der Waals surface area contributed by atoms with Gasteiger partial charge in [0.25, 0.3) is 5.19 Å². The second-order valence-electron chi connectivity index (χ2n) is 3.28. The molecule has 2 rings (SSSR count). The van der Waals surface area contributed by atoms with E-state index in [-0.39, 0.29) is 4.88 Å². The number of nitrogens with zero attached hydrogens (tertiary/aromatic N) is 2. The van der Waals surface area contributed by atoms with Gasteiger partial charge in [-0.15, -0.1) is 11.3 Å². The van der Waals surface area contributed by atoms with Gasteiger partial charge in [0.2, 0.25) is 0 Å². The highest BCUT2D eigenvalue weighted by atomic mass is 32.1. The van der Waals surface area contributed by atoms with Gasteiger partial charge in [-0.05, 0) is 6.42 Å². The first-order chi connectivity index (χ1) is 8.19. The van der Waals surface area contributed by atoms with Crippen molar-refractivity contribution in [3.63, 3.8) is 0 Å². The van der Waals surface area contributed by atoms with Crippen LogP contribution in [0.3, 0.4) is 0 Å². The lowest BCUT2D eigenvalue weighted by atomic mass is 10.3. The van der Waals surface area contributed by atoms with Crippen molar-refractivity contribution in [1.82, 2.24) is 9.36 Å². The molecule has 0 spiro atoms. The molecular weight excluding hydrogens is 260 g/mol. The third-order valence-corrected chi connectivity index (χ3v) is 3.44. The summed E-state index contributed by atoms with van der Waals surface area (Å²) in [7, 11) is 0. The van der Waals surface area contributed by atoms with Gasteiger partial charge in [0, 0.05) is 29.4 Å². The number of carboxylic acids is 1. The van der Waals surface area contributed by atoms with Crippen molar-refractivity contribution in [3.05, 3.63) is 22.1 Å². The third-order valence-electron chi connectivity index (χ3n) is 1.91. The first-order valence-corrected chi connectivity index (χ1v) is 6.66. The molecule has 2 heterocycles. The van der Waals surface area contributed by atoms with E-state index in [0.717, 1.165) is 30.0 Å². The van der Waals surface area contributed by atoms with E-state index in [2.05, 4.69) is 16.3 Å². The van der Waals surface area contributed by atoms with E-state index in [1.54, 1.807) is 5.38 Å². The van der Waals surface area contributed by atoms with E-state index >= 15 is 0 Å². The second kappa shape index (κ2) is 5.24. The fourth-order valence-corrected chi connectivity index (χ4v) is 2.43. The molecule has 7 heteroatoms. The minimum absolute atomic E-state index is 0.248. The molecule has 0 fully saturated rings. The number of carboxylic acid groups (broad SMARTS) is 1. The monoisotopic (exact) mass is 270 g/mol. The zero-order valence-corrected chi connectivity index (χ0v) is 10.7. The number of ether oxygens (including phenoxy) is 1. The van der Waals surface area contributed by atoms with E-state index < -0.39 is 5.97 Å². The molecule has 2 aromatic rings. The molecule has 0 radical (unpaired) electrons. The lowest BCUT2D eigenvalue weighted by Crippen LogP contribution is -1.90. The smallest absolute Gasteiger partial charge is 0.346 e. The molecule has 5 nitrogen and oxygen atoms in total. The molecule has 0 atom stereocenters. The van der Waals surface area contributed by atoms with Crippen molar-refractivity contribution >= 4 is 28.8 Å². The van der Waals surface area contributed by atoms with E-state index in [9.17, 15) is 4.79 Å². The summed E-state index contributed by atoms with van der Waals surface area (Å²) in [6.07, 6.45) is 1.81. The Hall–Kier alpha value is -1.47. The van der Waals surface area contributed by atoms with Gasteiger partial charge in [0.15, 0.2) is 0 Å². The molecule has 0 bridgehead atoms. The molecule has 0 saturated heterocycles. The number of carbonyl (C=O) groups is 1. The van der Waals surface area contributed by atoms with Crippen molar-refractivity contribution in [2.45, 2.75) is 19.8 Å². The summed E-state index contributed by atoms with van der Waals surface area (Å²) in [6.45, 7) is 2.06. The van der Waals surface area contributed by atoms with Crippen LogP contribution < -0.4 is 4.74 Å². The Morgan fingerprint density at radius 3 is 3.06 bits per heavy atom. The van der Waals surface area contributed by atoms with Gasteiger partial charge < -0.3 is 9.84 Å². The standard InChI is InChI=1S/C10H10N2O3S2/c1-2-3-8-11-10(17-12-8)15-6-4-7(9(13)14)16-5-6/h4-5H,2-3H2,1H3,(H,13,14). The average Bonchev–Trinajstić information content (AvgIpc) is 2.89. The van der Waals surface area contributed by atoms with Crippen LogP contribution in [0.2, 0.25) is 0 Å². The topological polar surface area (TPSA) is 72.3 Å². The van der Waals surface area contributed by atoms with Crippen LogP contribution in [0.15, 0.2) is 11.4 Å². The summed E-state index contributed by atoms with van der Waals surface area (Å²) in [5, 5.41) is 10.9. The zero-order valence-electron chi connectivity index (χ0n) is 9.04. The highest BCUT2D eigenvalue weighted by Crippen LogP contribution is 2.28. The third kappa shape index (κ3) is 3.01. The lowest BCUT2D eigenvalue weighted by molar-refractivity contribution is 0.0702. The summed E-state index contributed by atoms with van der Waals surface area (Å²) in [6, 6.07) is 1.48. The molecule has 0 aliphatic rings. The summed E-state index contributed by atoms with van der Waals surface area (Å²) in [5.74, 6) is 0.307. The van der Waals surface area contributed by atoms with Gasteiger partial charge in [0.05, 0.1) is 0 Å². The molecular formula is C10H10N2O3S2. The maximum atomic E-state index is 10.7. The Bertz CT molecular complexity index is 521. The van der Waals surface area contributed by atoms with Crippen LogP contribution in [-0.2, 0) is 6.42 Å². The Balaban J connectivity index is 2.05. The summed E-state index contributed by atoms with van der Waals surface area (Å²) >= 11 is 2.30. The Morgan fingerprint density at radius 2 is 2.41 bits per heavy atom.